The van der Waals surface area contributed by atoms with E-state index in [0.29, 0.717) is 17.7 Å². The van der Waals surface area contributed by atoms with Crippen molar-refractivity contribution in [1.82, 2.24) is 4.98 Å². The quantitative estimate of drug-likeness (QED) is 0.712. The first kappa shape index (κ1) is 16.7. The number of hydrogen-bond acceptors (Lipinski definition) is 5. The number of phenols is 2. The number of nitrogens with zero attached hydrogens (tertiary/aromatic N) is 2. The lowest BCUT2D eigenvalue weighted by atomic mass is 9.99. The van der Waals surface area contributed by atoms with Crippen LogP contribution in [0.4, 0.5) is 5.69 Å². The zero-order chi connectivity index (χ0) is 18.1. The first-order valence-corrected chi connectivity index (χ1v) is 9.27. The molecule has 3 aromatic rings. The number of rotatable bonds is 3. The number of aromatic nitrogens is 1. The van der Waals surface area contributed by atoms with Crippen molar-refractivity contribution in [3.05, 3.63) is 77.6 Å². The van der Waals surface area contributed by atoms with Crippen LogP contribution in [-0.2, 0) is 6.42 Å². The van der Waals surface area contributed by atoms with Gasteiger partial charge < -0.3 is 10.2 Å². The molecule has 2 heterocycles. The van der Waals surface area contributed by atoms with Crippen molar-refractivity contribution in [3.63, 3.8) is 0 Å². The highest BCUT2D eigenvalue weighted by Gasteiger charge is 2.29. The molecular weight excluding hydrogens is 344 g/mol. The summed E-state index contributed by atoms with van der Waals surface area (Å²) >= 11 is 1.68. The summed E-state index contributed by atoms with van der Waals surface area (Å²) in [6.07, 6.45) is 2.43. The average Bonchev–Trinajstić information content (AvgIpc) is 2.62. The number of hydrogen-bond donors (Lipinski definition) is 2. The third-order valence-corrected chi connectivity index (χ3v) is 5.57. The molecule has 2 N–H and O–H groups in total. The van der Waals surface area contributed by atoms with E-state index in [0.717, 1.165) is 21.8 Å². The molecule has 0 bridgehead atoms. The Morgan fingerprint density at radius 1 is 1.00 bits per heavy atom. The molecule has 5 heteroatoms. The first-order chi connectivity index (χ1) is 12.6. The van der Waals surface area contributed by atoms with Crippen LogP contribution in [-0.4, -0.2) is 26.2 Å². The molecule has 4 rings (SSSR count). The van der Waals surface area contributed by atoms with Gasteiger partial charge in [0.15, 0.2) is 0 Å². The highest BCUT2D eigenvalue weighted by atomic mass is 32.2. The Morgan fingerprint density at radius 3 is 2.46 bits per heavy atom. The number of benzene rings is 2. The lowest BCUT2D eigenvalue weighted by molar-refractivity contribution is 0.447. The first-order valence-electron chi connectivity index (χ1n) is 8.39. The topological polar surface area (TPSA) is 65.7 Å². The molecule has 0 saturated carbocycles. The standard InChI is InChI=1S/C21H18N2O2S/c1-13-10-16(24)20(17(25)11-13)21-19(12-14-6-4-5-9-22-14)26-18-8-3-2-7-15(18)23-21/h2-11,19,24-25H,12H2,1H3. The second-order valence-electron chi connectivity index (χ2n) is 6.27. The van der Waals surface area contributed by atoms with E-state index in [-0.39, 0.29) is 16.7 Å². The van der Waals surface area contributed by atoms with Crippen molar-refractivity contribution >= 4 is 23.2 Å². The highest BCUT2D eigenvalue weighted by Crippen LogP contribution is 2.43. The summed E-state index contributed by atoms with van der Waals surface area (Å²) in [5.74, 6) is 0.0968. The summed E-state index contributed by atoms with van der Waals surface area (Å²) in [5, 5.41) is 20.9. The van der Waals surface area contributed by atoms with E-state index < -0.39 is 0 Å². The van der Waals surface area contributed by atoms with Gasteiger partial charge in [-0.1, -0.05) is 18.2 Å². The molecule has 130 valence electrons. The Kier molecular flexibility index (Phi) is 4.39. The molecule has 0 aliphatic carbocycles. The van der Waals surface area contributed by atoms with Crippen molar-refractivity contribution in [3.8, 4) is 11.5 Å². The number of aliphatic imine (C=N–C) groups is 1. The smallest absolute Gasteiger partial charge is 0.128 e. The molecule has 1 aromatic heterocycles. The van der Waals surface area contributed by atoms with Gasteiger partial charge in [-0.25, -0.2) is 0 Å². The average molecular weight is 362 g/mol. The lowest BCUT2D eigenvalue weighted by Gasteiger charge is -2.25. The Labute approximate surface area is 156 Å². The van der Waals surface area contributed by atoms with Gasteiger partial charge in [-0.05, 0) is 48.9 Å². The third-order valence-electron chi connectivity index (χ3n) is 4.30. The minimum Gasteiger partial charge on any atom is -0.507 e. The number of phenolic OH excluding ortho intramolecular Hbond substituents is 2. The van der Waals surface area contributed by atoms with E-state index in [9.17, 15) is 10.2 Å². The van der Waals surface area contributed by atoms with Crippen molar-refractivity contribution < 1.29 is 10.2 Å². The summed E-state index contributed by atoms with van der Waals surface area (Å²) in [6, 6.07) is 17.1. The molecule has 26 heavy (non-hydrogen) atoms. The monoisotopic (exact) mass is 362 g/mol. The number of aromatic hydroxyl groups is 2. The molecule has 0 radical (unpaired) electrons. The fraction of sp³-hybridized carbons (Fsp3) is 0.143. The number of fused-ring (bicyclic) bond motifs is 1. The van der Waals surface area contributed by atoms with Crippen LogP contribution >= 0.6 is 11.8 Å². The molecule has 1 unspecified atom stereocenters. The van der Waals surface area contributed by atoms with E-state index in [1.165, 1.54) is 0 Å². The van der Waals surface area contributed by atoms with Crippen LogP contribution in [0, 0.1) is 6.92 Å². The molecule has 0 saturated heterocycles. The Hall–Kier alpha value is -2.79. The minimum absolute atomic E-state index is 0.0484. The van der Waals surface area contributed by atoms with E-state index in [1.807, 2.05) is 49.4 Å². The molecule has 1 aliphatic heterocycles. The number of aryl methyl sites for hydroxylation is 1. The Bertz CT molecular complexity index is 963. The SMILES string of the molecule is Cc1cc(O)c(C2=Nc3ccccc3SC2Cc2ccccn2)c(O)c1. The molecule has 1 atom stereocenters. The Morgan fingerprint density at radius 2 is 1.73 bits per heavy atom. The van der Waals surface area contributed by atoms with E-state index in [1.54, 1.807) is 30.1 Å². The van der Waals surface area contributed by atoms with Crippen molar-refractivity contribution in [2.45, 2.75) is 23.5 Å². The molecule has 0 spiro atoms. The maximum atomic E-state index is 10.5. The molecule has 0 amide bonds. The van der Waals surface area contributed by atoms with Crippen molar-refractivity contribution in [1.29, 1.82) is 0 Å². The zero-order valence-corrected chi connectivity index (χ0v) is 15.1. The predicted octanol–water partition coefficient (Wildman–Crippen LogP) is 4.64. The fourth-order valence-electron chi connectivity index (χ4n) is 3.14. The summed E-state index contributed by atoms with van der Waals surface area (Å²) in [7, 11) is 0. The summed E-state index contributed by atoms with van der Waals surface area (Å²) in [5.41, 5.74) is 3.68. The predicted molar refractivity (Wildman–Crippen MR) is 105 cm³/mol. The second-order valence-corrected chi connectivity index (χ2v) is 7.52. The van der Waals surface area contributed by atoms with Gasteiger partial charge in [0.1, 0.15) is 11.5 Å². The van der Waals surface area contributed by atoms with E-state index in [2.05, 4.69) is 4.98 Å². The molecule has 2 aromatic carbocycles. The van der Waals surface area contributed by atoms with Gasteiger partial charge in [0, 0.05) is 23.2 Å². The van der Waals surface area contributed by atoms with E-state index >= 15 is 0 Å². The number of pyridine rings is 1. The lowest BCUT2D eigenvalue weighted by Crippen LogP contribution is -2.24. The van der Waals surface area contributed by atoms with Gasteiger partial charge in [-0.15, -0.1) is 11.8 Å². The van der Waals surface area contributed by atoms with Gasteiger partial charge in [-0.3, -0.25) is 9.98 Å². The second kappa shape index (κ2) is 6.84. The van der Waals surface area contributed by atoms with Crippen LogP contribution in [0.15, 0.2) is 70.7 Å². The number of thioether (sulfide) groups is 1. The largest absolute Gasteiger partial charge is 0.507 e. The van der Waals surface area contributed by atoms with Gasteiger partial charge in [0.05, 0.1) is 22.2 Å². The van der Waals surface area contributed by atoms with Crippen LogP contribution in [0.5, 0.6) is 11.5 Å². The summed E-state index contributed by atoms with van der Waals surface area (Å²) < 4.78 is 0. The minimum atomic E-state index is -0.0562. The number of para-hydroxylation sites is 1. The van der Waals surface area contributed by atoms with E-state index in [4.69, 9.17) is 4.99 Å². The zero-order valence-electron chi connectivity index (χ0n) is 14.3. The van der Waals surface area contributed by atoms with Crippen LogP contribution in [0.3, 0.4) is 0 Å². The normalized spacial score (nSPS) is 16.0. The molecular formula is C21H18N2O2S. The van der Waals surface area contributed by atoms with Gasteiger partial charge in [0.2, 0.25) is 0 Å². The fourth-order valence-corrected chi connectivity index (χ4v) is 4.37. The van der Waals surface area contributed by atoms with Gasteiger partial charge >= 0.3 is 0 Å². The summed E-state index contributed by atoms with van der Waals surface area (Å²) in [6.45, 7) is 1.83. The van der Waals surface area contributed by atoms with Crippen molar-refractivity contribution in [2.75, 3.05) is 0 Å². The van der Waals surface area contributed by atoms with Gasteiger partial charge in [-0.2, -0.15) is 0 Å². The van der Waals surface area contributed by atoms with Crippen LogP contribution in [0.2, 0.25) is 0 Å². The summed E-state index contributed by atoms with van der Waals surface area (Å²) in [4.78, 5) is 10.3. The molecule has 1 aliphatic rings. The van der Waals surface area contributed by atoms with Crippen LogP contribution < -0.4 is 0 Å². The Balaban J connectivity index is 1.83. The molecule has 4 nitrogen and oxygen atoms in total. The van der Waals surface area contributed by atoms with Crippen molar-refractivity contribution in [2.24, 2.45) is 4.99 Å². The highest BCUT2D eigenvalue weighted by molar-refractivity contribution is 8.01. The van der Waals surface area contributed by atoms with Crippen LogP contribution in [0.1, 0.15) is 16.8 Å². The third kappa shape index (κ3) is 3.18. The maximum absolute atomic E-state index is 10.5. The van der Waals surface area contributed by atoms with Crippen LogP contribution in [0.25, 0.3) is 0 Å². The van der Waals surface area contributed by atoms with Gasteiger partial charge in [0.25, 0.3) is 0 Å². The molecule has 0 fully saturated rings. The maximum Gasteiger partial charge on any atom is 0.128 e.